The smallest absolute Gasteiger partial charge is 0.198 e. The Bertz CT molecular complexity index is 822. The van der Waals surface area contributed by atoms with E-state index in [9.17, 15) is 22.4 Å². The first-order valence-corrected chi connectivity index (χ1v) is 5.52. The van der Waals surface area contributed by atoms with Crippen molar-refractivity contribution in [2.45, 2.75) is 6.92 Å². The van der Waals surface area contributed by atoms with Gasteiger partial charge in [-0.1, -0.05) is 6.08 Å². The molecule has 0 amide bonds. The van der Waals surface area contributed by atoms with Crippen LogP contribution in [-0.2, 0) is 0 Å². The maximum Gasteiger partial charge on any atom is 0.198 e. The summed E-state index contributed by atoms with van der Waals surface area (Å²) in [7, 11) is 0. The lowest BCUT2D eigenvalue weighted by atomic mass is 9.99. The normalized spacial score (nSPS) is 14.9. The van der Waals surface area contributed by atoms with Gasteiger partial charge in [-0.25, -0.2) is 17.6 Å². The first kappa shape index (κ1) is 14.5. The third kappa shape index (κ3) is 1.75. The average molecular weight is 292 g/mol. The van der Waals surface area contributed by atoms with Crippen LogP contribution in [0.4, 0.5) is 17.6 Å². The molecular weight excluding hydrogens is 288 g/mol. The Morgan fingerprint density at radius 3 is 1.86 bits per heavy atom. The molecule has 0 atom stereocenters. The van der Waals surface area contributed by atoms with Crippen LogP contribution >= 0.6 is 0 Å². The molecule has 0 bridgehead atoms. The van der Waals surface area contributed by atoms with E-state index >= 15 is 0 Å². The molecule has 21 heavy (non-hydrogen) atoms. The Labute approximate surface area is 116 Å². The number of carbonyl (C=O) groups excluding carboxylic acids is 1. The van der Waals surface area contributed by atoms with Crippen LogP contribution < -0.4 is 0 Å². The zero-order valence-corrected chi connectivity index (χ0v) is 10.4. The summed E-state index contributed by atoms with van der Waals surface area (Å²) in [5.74, 6) is -9.00. The second-order valence-electron chi connectivity index (χ2n) is 4.01. The van der Waals surface area contributed by atoms with E-state index in [4.69, 9.17) is 10.5 Å². The molecule has 1 aliphatic carbocycles. The SMILES string of the molecule is C/C=C1/C(=O)c2c(F)c(F)c(F)c(F)c2C1=C(C#N)C#N. The van der Waals surface area contributed by atoms with E-state index in [0.717, 1.165) is 6.08 Å². The number of fused-ring (bicyclic) bond motifs is 1. The number of Topliss-reactive ketones (excluding diaryl/α,β-unsaturated/α-hetero) is 1. The van der Waals surface area contributed by atoms with Gasteiger partial charge in [-0.15, -0.1) is 0 Å². The first-order valence-electron chi connectivity index (χ1n) is 5.52. The van der Waals surface area contributed by atoms with E-state index in [1.54, 1.807) is 0 Å². The van der Waals surface area contributed by atoms with Crippen LogP contribution in [0.1, 0.15) is 22.8 Å². The molecule has 3 nitrogen and oxygen atoms in total. The fourth-order valence-electron chi connectivity index (χ4n) is 2.13. The minimum atomic E-state index is -2.12. The lowest BCUT2D eigenvalue weighted by molar-refractivity contribution is 0.103. The Hall–Kier alpha value is -2.93. The summed E-state index contributed by atoms with van der Waals surface area (Å²) in [5, 5.41) is 17.7. The van der Waals surface area contributed by atoms with Crippen LogP contribution in [0.2, 0.25) is 0 Å². The molecule has 0 unspecified atom stereocenters. The van der Waals surface area contributed by atoms with Crippen LogP contribution in [0, 0.1) is 45.9 Å². The van der Waals surface area contributed by atoms with Gasteiger partial charge in [0.25, 0.3) is 0 Å². The summed E-state index contributed by atoms with van der Waals surface area (Å²) in [4.78, 5) is 12.0. The predicted octanol–water partition coefficient (Wildman–Crippen LogP) is 3.19. The summed E-state index contributed by atoms with van der Waals surface area (Å²) in [6.07, 6.45) is 1.11. The van der Waals surface area contributed by atoms with Crippen molar-refractivity contribution in [1.29, 1.82) is 10.5 Å². The monoisotopic (exact) mass is 292 g/mol. The van der Waals surface area contributed by atoms with E-state index in [1.165, 1.54) is 19.1 Å². The number of halogens is 4. The van der Waals surface area contributed by atoms with Crippen molar-refractivity contribution in [1.82, 2.24) is 0 Å². The largest absolute Gasteiger partial charge is 0.288 e. The van der Waals surface area contributed by atoms with Gasteiger partial charge >= 0.3 is 0 Å². The number of hydrogen-bond donors (Lipinski definition) is 0. The number of carbonyl (C=O) groups is 1. The standard InChI is InChI=1S/C14H4F4N2O/c1-2-6-7(5(3-19)4-20)8-9(14(6)21)11(16)13(18)12(17)10(8)15/h2H,1H3/b6-2+. The molecule has 104 valence electrons. The van der Waals surface area contributed by atoms with Crippen molar-refractivity contribution in [3.8, 4) is 12.1 Å². The molecule has 0 aliphatic heterocycles. The highest BCUT2D eigenvalue weighted by atomic mass is 19.2. The number of benzene rings is 1. The molecule has 0 spiro atoms. The zero-order valence-electron chi connectivity index (χ0n) is 10.4. The summed E-state index contributed by atoms with van der Waals surface area (Å²) in [5.41, 5.74) is -3.50. The topological polar surface area (TPSA) is 64.7 Å². The van der Waals surface area contributed by atoms with Gasteiger partial charge in [0.1, 0.15) is 17.7 Å². The molecule has 0 aromatic heterocycles. The third-order valence-electron chi connectivity index (χ3n) is 3.02. The molecule has 0 heterocycles. The molecule has 0 saturated carbocycles. The molecule has 0 fully saturated rings. The second kappa shape index (κ2) is 4.88. The van der Waals surface area contributed by atoms with Crippen LogP contribution in [-0.4, -0.2) is 5.78 Å². The van der Waals surface area contributed by atoms with Crippen molar-refractivity contribution in [3.63, 3.8) is 0 Å². The highest BCUT2D eigenvalue weighted by Gasteiger charge is 2.40. The van der Waals surface area contributed by atoms with Gasteiger partial charge in [-0.05, 0) is 6.92 Å². The van der Waals surface area contributed by atoms with Crippen molar-refractivity contribution < 1.29 is 22.4 Å². The highest BCUT2D eigenvalue weighted by molar-refractivity contribution is 6.27. The van der Waals surface area contributed by atoms with E-state index < -0.39 is 51.3 Å². The van der Waals surface area contributed by atoms with E-state index in [-0.39, 0.29) is 5.57 Å². The molecule has 1 aromatic rings. The number of hydrogen-bond acceptors (Lipinski definition) is 3. The third-order valence-corrected chi connectivity index (χ3v) is 3.02. The summed E-state index contributed by atoms with van der Waals surface area (Å²) >= 11 is 0. The fourth-order valence-corrected chi connectivity index (χ4v) is 2.13. The number of nitrogens with zero attached hydrogens (tertiary/aromatic N) is 2. The number of ketones is 1. The summed E-state index contributed by atoms with van der Waals surface area (Å²) in [6.45, 7) is 1.33. The van der Waals surface area contributed by atoms with E-state index in [1.807, 2.05) is 0 Å². The van der Waals surface area contributed by atoms with Gasteiger partial charge in [-0.3, -0.25) is 4.79 Å². The van der Waals surface area contributed by atoms with Crippen molar-refractivity contribution in [3.05, 3.63) is 51.6 Å². The Kier molecular flexibility index (Phi) is 3.36. The zero-order chi connectivity index (χ0) is 15.9. The molecule has 0 radical (unpaired) electrons. The maximum absolute atomic E-state index is 13.9. The number of allylic oxidation sites excluding steroid dienone is 4. The lowest BCUT2D eigenvalue weighted by Gasteiger charge is -2.05. The summed E-state index contributed by atoms with van der Waals surface area (Å²) in [6, 6.07) is 2.84. The average Bonchev–Trinajstić information content (AvgIpc) is 2.77. The Balaban J connectivity index is 3.10. The molecule has 0 N–H and O–H groups in total. The highest BCUT2D eigenvalue weighted by Crippen LogP contribution is 2.42. The lowest BCUT2D eigenvalue weighted by Crippen LogP contribution is -2.06. The Morgan fingerprint density at radius 2 is 1.43 bits per heavy atom. The van der Waals surface area contributed by atoms with Gasteiger partial charge in [0.05, 0.1) is 5.56 Å². The van der Waals surface area contributed by atoms with E-state index in [0.29, 0.717) is 0 Å². The van der Waals surface area contributed by atoms with Crippen molar-refractivity contribution in [2.24, 2.45) is 0 Å². The molecule has 0 saturated heterocycles. The van der Waals surface area contributed by atoms with Gasteiger partial charge in [0.15, 0.2) is 29.1 Å². The van der Waals surface area contributed by atoms with Crippen LogP contribution in [0.15, 0.2) is 17.2 Å². The summed E-state index contributed by atoms with van der Waals surface area (Å²) < 4.78 is 54.2. The van der Waals surface area contributed by atoms with Crippen LogP contribution in [0.5, 0.6) is 0 Å². The first-order chi connectivity index (χ1) is 9.90. The van der Waals surface area contributed by atoms with Crippen LogP contribution in [0.3, 0.4) is 0 Å². The molecule has 7 heteroatoms. The Morgan fingerprint density at radius 1 is 0.952 bits per heavy atom. The van der Waals surface area contributed by atoms with Gasteiger partial charge in [0.2, 0.25) is 0 Å². The van der Waals surface area contributed by atoms with Gasteiger partial charge in [0, 0.05) is 16.7 Å². The molecular formula is C14H4F4N2O. The van der Waals surface area contributed by atoms with Gasteiger partial charge in [-0.2, -0.15) is 10.5 Å². The number of rotatable bonds is 0. The molecule has 2 rings (SSSR count). The minimum Gasteiger partial charge on any atom is -0.288 e. The van der Waals surface area contributed by atoms with Gasteiger partial charge < -0.3 is 0 Å². The maximum atomic E-state index is 13.9. The number of nitriles is 2. The predicted molar refractivity (Wildman–Crippen MR) is 62.5 cm³/mol. The van der Waals surface area contributed by atoms with E-state index in [2.05, 4.69) is 0 Å². The quantitative estimate of drug-likeness (QED) is 0.242. The van der Waals surface area contributed by atoms with Crippen molar-refractivity contribution >= 4 is 11.4 Å². The molecule has 1 aliphatic rings. The second-order valence-corrected chi connectivity index (χ2v) is 4.01. The van der Waals surface area contributed by atoms with Crippen LogP contribution in [0.25, 0.3) is 5.57 Å². The molecule has 1 aromatic carbocycles. The fraction of sp³-hybridized carbons (Fsp3) is 0.0714. The van der Waals surface area contributed by atoms with Crippen molar-refractivity contribution in [2.75, 3.05) is 0 Å². The minimum absolute atomic E-state index is 0.356.